The molecule has 0 saturated carbocycles. The summed E-state index contributed by atoms with van der Waals surface area (Å²) in [4.78, 5) is 4.07. The predicted octanol–water partition coefficient (Wildman–Crippen LogP) is 3.88. The van der Waals surface area contributed by atoms with E-state index >= 15 is 0 Å². The zero-order valence-electron chi connectivity index (χ0n) is 11.7. The number of nitrogens with zero attached hydrogens (tertiary/aromatic N) is 1. The number of fused-ring (bicyclic) bond motifs is 1. The minimum absolute atomic E-state index is 0.0418. The zero-order chi connectivity index (χ0) is 17.4. The molecule has 0 aliphatic carbocycles. The number of hydrogen-bond donors (Lipinski definition) is 1. The number of hydrogen-bond acceptors (Lipinski definition) is 5. The van der Waals surface area contributed by atoms with Crippen molar-refractivity contribution in [2.45, 2.75) is 5.51 Å². The van der Waals surface area contributed by atoms with E-state index in [9.17, 15) is 21.6 Å². The fraction of sp³-hybridized carbons (Fsp3) is 0.0714. The molecule has 10 heteroatoms. The van der Waals surface area contributed by atoms with Gasteiger partial charge in [-0.2, -0.15) is 26.6 Å². The third-order valence-electron chi connectivity index (χ3n) is 2.89. The predicted molar refractivity (Wildman–Crippen MR) is 79.1 cm³/mol. The normalized spacial score (nSPS) is 12.3. The Morgan fingerprint density at radius 3 is 2.33 bits per heavy atom. The van der Waals surface area contributed by atoms with Crippen LogP contribution in [-0.4, -0.2) is 18.9 Å². The molecule has 126 valence electrons. The van der Waals surface area contributed by atoms with E-state index in [0.29, 0.717) is 11.1 Å². The van der Waals surface area contributed by atoms with E-state index in [4.69, 9.17) is 9.15 Å². The number of alkyl halides is 3. The minimum Gasteiger partial charge on any atom is -0.411 e. The van der Waals surface area contributed by atoms with Gasteiger partial charge in [0.25, 0.3) is 0 Å². The first-order valence-corrected chi connectivity index (χ1v) is 7.95. The number of aromatic nitrogens is 1. The Morgan fingerprint density at radius 1 is 1.04 bits per heavy atom. The molecule has 1 N–H and O–H groups in total. The largest absolute Gasteiger partial charge is 0.516 e. The number of rotatable bonds is 4. The smallest absolute Gasteiger partial charge is 0.411 e. The Balaban J connectivity index is 1.75. The molecule has 3 rings (SSSR count). The Kier molecular flexibility index (Phi) is 3.84. The number of nitrogens with one attached hydrogen (secondary N) is 1. The average molecular weight is 358 g/mol. The lowest BCUT2D eigenvalue weighted by molar-refractivity contribution is -0.0429. The van der Waals surface area contributed by atoms with Gasteiger partial charge >= 0.3 is 21.6 Å². The lowest BCUT2D eigenvalue weighted by Crippen LogP contribution is -2.29. The molecule has 0 bridgehead atoms. The summed E-state index contributed by atoms with van der Waals surface area (Å²) in [5.74, 6) is 0.219. The van der Waals surface area contributed by atoms with Crippen LogP contribution < -0.4 is 9.46 Å². The van der Waals surface area contributed by atoms with Gasteiger partial charge in [-0.3, -0.25) is 4.72 Å². The number of oxazole rings is 1. The third-order valence-corrected chi connectivity index (χ3v) is 4.00. The van der Waals surface area contributed by atoms with Gasteiger partial charge < -0.3 is 9.15 Å². The molecule has 6 nitrogen and oxygen atoms in total. The van der Waals surface area contributed by atoms with E-state index in [1.54, 1.807) is 24.3 Å². The Hall–Kier alpha value is -2.75. The standard InChI is InChI=1S/C14H9F3N2O4S/c15-14(16,17)24(20,21)19-9-5-7-10(8-6-9)22-13-18-11-3-1-2-4-12(11)23-13/h1-8,19H. The quantitative estimate of drug-likeness (QED) is 0.765. The number of ether oxygens (including phenoxy) is 1. The van der Waals surface area contributed by atoms with E-state index in [2.05, 4.69) is 4.98 Å². The van der Waals surface area contributed by atoms with E-state index < -0.39 is 15.5 Å². The van der Waals surface area contributed by atoms with Crippen LogP contribution in [0.15, 0.2) is 52.9 Å². The second kappa shape index (κ2) is 5.71. The maximum atomic E-state index is 12.3. The molecule has 0 unspecified atom stereocenters. The van der Waals surface area contributed by atoms with Crippen LogP contribution in [0.5, 0.6) is 11.8 Å². The first-order valence-electron chi connectivity index (χ1n) is 6.47. The monoisotopic (exact) mass is 358 g/mol. The summed E-state index contributed by atoms with van der Waals surface area (Å²) in [6.45, 7) is 0. The Labute approximate surface area is 133 Å². The first-order chi connectivity index (χ1) is 11.2. The summed E-state index contributed by atoms with van der Waals surface area (Å²) in [5.41, 5.74) is -4.54. The summed E-state index contributed by atoms with van der Waals surface area (Å²) in [7, 11) is -5.46. The molecule has 1 aromatic heterocycles. The van der Waals surface area contributed by atoms with Crippen molar-refractivity contribution in [2.75, 3.05) is 4.72 Å². The van der Waals surface area contributed by atoms with Crippen LogP contribution >= 0.6 is 0 Å². The zero-order valence-corrected chi connectivity index (χ0v) is 12.6. The highest BCUT2D eigenvalue weighted by atomic mass is 32.2. The van der Waals surface area contributed by atoms with Crippen LogP contribution in [0.3, 0.4) is 0 Å². The topological polar surface area (TPSA) is 81.4 Å². The molecule has 0 aliphatic rings. The fourth-order valence-corrected chi connectivity index (χ4v) is 2.36. The summed E-state index contributed by atoms with van der Waals surface area (Å²) in [5, 5.41) is 0. The number of para-hydroxylation sites is 2. The highest BCUT2D eigenvalue weighted by molar-refractivity contribution is 7.93. The second-order valence-electron chi connectivity index (χ2n) is 4.63. The van der Waals surface area contributed by atoms with Crippen molar-refractivity contribution in [3.8, 4) is 11.8 Å². The molecule has 0 aliphatic heterocycles. The minimum atomic E-state index is -5.46. The van der Waals surface area contributed by atoms with Crippen LogP contribution in [0.1, 0.15) is 0 Å². The van der Waals surface area contributed by atoms with E-state index in [1.807, 2.05) is 0 Å². The molecule has 0 radical (unpaired) electrons. The number of halogens is 3. The number of anilines is 1. The van der Waals surface area contributed by atoms with Gasteiger partial charge in [-0.25, -0.2) is 0 Å². The van der Waals surface area contributed by atoms with Crippen molar-refractivity contribution < 1.29 is 30.7 Å². The van der Waals surface area contributed by atoms with E-state index in [1.165, 1.54) is 16.9 Å². The molecule has 1 heterocycles. The van der Waals surface area contributed by atoms with Crippen molar-refractivity contribution in [1.29, 1.82) is 0 Å². The van der Waals surface area contributed by atoms with Crippen LogP contribution in [-0.2, 0) is 10.0 Å². The summed E-state index contributed by atoms with van der Waals surface area (Å²) >= 11 is 0. The number of benzene rings is 2. The molecule has 0 atom stereocenters. The molecule has 3 aromatic rings. The molecular formula is C14H9F3N2O4S. The van der Waals surface area contributed by atoms with Crippen molar-refractivity contribution >= 4 is 26.8 Å². The number of sulfonamides is 1. The molecule has 24 heavy (non-hydrogen) atoms. The second-order valence-corrected chi connectivity index (χ2v) is 6.30. The fourth-order valence-electron chi connectivity index (χ4n) is 1.80. The third kappa shape index (κ3) is 3.27. The highest BCUT2D eigenvalue weighted by Gasteiger charge is 2.46. The van der Waals surface area contributed by atoms with Crippen molar-refractivity contribution in [3.05, 3.63) is 48.5 Å². The summed E-state index contributed by atoms with van der Waals surface area (Å²) in [6, 6.07) is 11.8. The van der Waals surface area contributed by atoms with Crippen LogP contribution in [0.25, 0.3) is 11.1 Å². The lowest BCUT2D eigenvalue weighted by atomic mass is 10.3. The van der Waals surface area contributed by atoms with E-state index in [0.717, 1.165) is 12.1 Å². The Bertz CT molecular complexity index is 933. The molecule has 0 amide bonds. The van der Waals surface area contributed by atoms with Crippen molar-refractivity contribution in [1.82, 2.24) is 4.98 Å². The van der Waals surface area contributed by atoms with Gasteiger partial charge in [-0.05, 0) is 36.4 Å². The average Bonchev–Trinajstić information content (AvgIpc) is 2.90. The van der Waals surface area contributed by atoms with Gasteiger partial charge in [0.15, 0.2) is 5.58 Å². The van der Waals surface area contributed by atoms with Gasteiger partial charge in [-0.15, -0.1) is 0 Å². The molecular weight excluding hydrogens is 349 g/mol. The van der Waals surface area contributed by atoms with E-state index in [-0.39, 0.29) is 17.5 Å². The van der Waals surface area contributed by atoms with Crippen LogP contribution in [0, 0.1) is 0 Å². The molecule has 0 fully saturated rings. The van der Waals surface area contributed by atoms with Gasteiger partial charge in [0.1, 0.15) is 11.3 Å². The summed E-state index contributed by atoms with van der Waals surface area (Å²) < 4.78 is 71.0. The van der Waals surface area contributed by atoms with Crippen molar-refractivity contribution in [3.63, 3.8) is 0 Å². The maximum Gasteiger partial charge on any atom is 0.516 e. The first kappa shape index (κ1) is 16.1. The van der Waals surface area contributed by atoms with Crippen molar-refractivity contribution in [2.24, 2.45) is 0 Å². The molecule has 0 saturated heterocycles. The van der Waals surface area contributed by atoms with Gasteiger partial charge in [0.2, 0.25) is 0 Å². The molecule has 2 aromatic carbocycles. The highest BCUT2D eigenvalue weighted by Crippen LogP contribution is 2.28. The van der Waals surface area contributed by atoms with Gasteiger partial charge in [0.05, 0.1) is 0 Å². The lowest BCUT2D eigenvalue weighted by Gasteiger charge is -2.10. The SMILES string of the molecule is O=S(=O)(Nc1ccc(Oc2nc3ccccc3o2)cc1)C(F)(F)F. The maximum absolute atomic E-state index is 12.3. The Morgan fingerprint density at radius 2 is 1.71 bits per heavy atom. The van der Waals surface area contributed by atoms with Crippen LogP contribution in [0.4, 0.5) is 18.9 Å². The van der Waals surface area contributed by atoms with Gasteiger partial charge in [0, 0.05) is 5.69 Å². The van der Waals surface area contributed by atoms with Gasteiger partial charge in [-0.1, -0.05) is 12.1 Å². The van der Waals surface area contributed by atoms with Crippen LogP contribution in [0.2, 0.25) is 0 Å². The summed E-state index contributed by atoms with van der Waals surface area (Å²) in [6.07, 6.45) is -0.0418. The molecule has 0 spiro atoms.